The van der Waals surface area contributed by atoms with Crippen LogP contribution in [0.15, 0.2) is 73.3 Å². The van der Waals surface area contributed by atoms with Crippen LogP contribution in [0.5, 0.6) is 0 Å². The number of hydrogen-bond donors (Lipinski definition) is 18. The second-order valence-electron chi connectivity index (χ2n) is 30.6. The van der Waals surface area contributed by atoms with Gasteiger partial charge >= 0.3 is 17.9 Å². The molecule has 115 heavy (non-hydrogen) atoms. The number of fused-ring (bicyclic) bond motifs is 1. The summed E-state index contributed by atoms with van der Waals surface area (Å²) in [6.45, 7) is 12.3. The highest BCUT2D eigenvalue weighted by Crippen LogP contribution is 2.22. The van der Waals surface area contributed by atoms with Crippen LogP contribution >= 0.6 is 0 Å². The molecule has 38 heteroatoms. The molecule has 6 rings (SSSR count). The number of aliphatic hydroxyl groups excluding tert-OH is 1. The smallest absolute Gasteiger partial charge is 0.320 e. The molecule has 632 valence electrons. The monoisotopic (exact) mass is 1610 g/mol. The van der Waals surface area contributed by atoms with Gasteiger partial charge < -0.3 is 95.0 Å². The minimum absolute atomic E-state index is 0.00677. The molecule has 0 aliphatic carbocycles. The number of primary amides is 2. The van der Waals surface area contributed by atoms with Crippen LogP contribution in [0.25, 0.3) is 10.9 Å². The van der Waals surface area contributed by atoms with Crippen LogP contribution < -0.4 is 64.6 Å². The van der Waals surface area contributed by atoms with E-state index in [0.717, 1.165) is 0 Å². The number of rotatable bonds is 46. The van der Waals surface area contributed by atoms with Crippen LogP contribution in [-0.4, -0.2) is 289 Å². The molecule has 2 aromatic heterocycles. The number of aromatic amines is 2. The Labute approximate surface area is 667 Å². The number of imidazole rings is 1. The number of piperidine rings is 1. The van der Waals surface area contributed by atoms with Crippen LogP contribution in [0.4, 0.5) is 0 Å². The first kappa shape index (κ1) is 92.9. The van der Waals surface area contributed by atoms with E-state index in [1.807, 2.05) is 32.6 Å². The number of carboxylic acid groups (broad SMARTS) is 3. The topological polar surface area (TPSA) is 567 Å². The molecule has 2 aromatic carbocycles. The van der Waals surface area contributed by atoms with E-state index in [9.17, 15) is 92.3 Å². The van der Waals surface area contributed by atoms with Gasteiger partial charge in [0, 0.05) is 114 Å². The van der Waals surface area contributed by atoms with E-state index in [1.165, 1.54) is 19.4 Å². The summed E-state index contributed by atoms with van der Waals surface area (Å²) in [5.74, 6) is -13.3. The average Bonchev–Trinajstić information content (AvgIpc) is 1.70. The number of benzene rings is 2. The van der Waals surface area contributed by atoms with E-state index in [-0.39, 0.29) is 128 Å². The van der Waals surface area contributed by atoms with Gasteiger partial charge in [-0.1, -0.05) is 90.1 Å². The third-order valence-corrected chi connectivity index (χ3v) is 19.9. The molecule has 4 aromatic rings. The summed E-state index contributed by atoms with van der Waals surface area (Å²) in [5.41, 5.74) is 13.3. The predicted octanol–water partition coefficient (Wildman–Crippen LogP) is -2.91. The van der Waals surface area contributed by atoms with Crippen molar-refractivity contribution >= 4 is 99.7 Å². The van der Waals surface area contributed by atoms with Gasteiger partial charge in [-0.05, 0) is 80.4 Å². The Bertz CT molecular complexity index is 3920. The summed E-state index contributed by atoms with van der Waals surface area (Å²) in [4.78, 5) is 218. The molecule has 0 spiro atoms. The number of hydrogen-bond acceptors (Lipinski definition) is 21. The van der Waals surface area contributed by atoms with Gasteiger partial charge in [0.1, 0.15) is 48.3 Å². The number of carbonyl (C=O) groups excluding carboxylic acids is 12. The first-order valence-corrected chi connectivity index (χ1v) is 38.9. The fourth-order valence-corrected chi connectivity index (χ4v) is 13.7. The summed E-state index contributed by atoms with van der Waals surface area (Å²) in [5, 5.41) is 68.1. The summed E-state index contributed by atoms with van der Waals surface area (Å²) >= 11 is 0. The zero-order valence-corrected chi connectivity index (χ0v) is 66.3. The van der Waals surface area contributed by atoms with Gasteiger partial charge in [-0.25, -0.2) is 4.98 Å². The Morgan fingerprint density at radius 2 is 1.09 bits per heavy atom. The van der Waals surface area contributed by atoms with E-state index < -0.39 is 175 Å². The predicted molar refractivity (Wildman–Crippen MR) is 419 cm³/mol. The molecule has 0 saturated carbocycles. The maximum atomic E-state index is 14.8. The zero-order chi connectivity index (χ0) is 84.6. The molecule has 2 saturated heterocycles. The second-order valence-corrected chi connectivity index (χ2v) is 30.6. The van der Waals surface area contributed by atoms with Crippen molar-refractivity contribution in [1.82, 2.24) is 87.7 Å². The van der Waals surface area contributed by atoms with Crippen molar-refractivity contribution in [3.8, 4) is 0 Å². The Morgan fingerprint density at radius 1 is 0.530 bits per heavy atom. The normalized spacial score (nSPS) is 16.7. The molecular weight excluding hydrogens is 1490 g/mol. The lowest BCUT2D eigenvalue weighted by Crippen LogP contribution is -2.60. The van der Waals surface area contributed by atoms with Gasteiger partial charge in [0.05, 0.1) is 56.8 Å². The number of H-pyrrole nitrogens is 2. The van der Waals surface area contributed by atoms with E-state index in [4.69, 9.17) is 11.5 Å². The van der Waals surface area contributed by atoms with E-state index in [1.54, 1.807) is 89.3 Å². The average molecular weight is 1610 g/mol. The third-order valence-electron chi connectivity index (χ3n) is 19.9. The lowest BCUT2D eigenvalue weighted by molar-refractivity contribution is -0.145. The molecule has 38 nitrogen and oxygen atoms in total. The quantitative estimate of drug-likeness (QED) is 0.0211. The molecule has 0 bridgehead atoms. The van der Waals surface area contributed by atoms with E-state index >= 15 is 0 Å². The van der Waals surface area contributed by atoms with Crippen LogP contribution in [0.2, 0.25) is 0 Å². The van der Waals surface area contributed by atoms with Crippen LogP contribution in [0.3, 0.4) is 0 Å². The molecular formula is C77H115N19O19. The molecule has 4 heterocycles. The van der Waals surface area contributed by atoms with E-state index in [0.29, 0.717) is 53.7 Å². The fourth-order valence-electron chi connectivity index (χ4n) is 13.7. The van der Waals surface area contributed by atoms with Gasteiger partial charge in [-0.15, -0.1) is 0 Å². The molecule has 1 unspecified atom stereocenters. The van der Waals surface area contributed by atoms with Gasteiger partial charge in [0.2, 0.25) is 70.9 Å². The SMILES string of the molecule is CC(C)C[C@H](NC(=O)C[C@H](O)[C@H](CC(C)C)NC(=O)[C@H](Cc1c[nH]cn1)NC(=O)CNC(=O)[C@@H](NC(=O)[C@H](C)NC(=O)[C@H](Cc1c[nH]c2ccccc12)NC(=O)[C@H](CCC(N)=O)NC(=O)[C@@H](Cc1ccccc1)NC(=O)CN1CCC(NC(=O)CCC(C(=O)O)N2CCN(CC(=O)O)CCN(CC(=O)O)CC2)CC1)C(C)C)C(N)=O. The highest BCUT2D eigenvalue weighted by Gasteiger charge is 2.37. The number of aromatic nitrogens is 3. The van der Waals surface area contributed by atoms with Gasteiger partial charge in [-0.2, -0.15) is 0 Å². The number of aliphatic carboxylic acids is 3. The molecule has 2 aliphatic heterocycles. The van der Waals surface area contributed by atoms with Crippen molar-refractivity contribution in [2.24, 2.45) is 29.2 Å². The van der Waals surface area contributed by atoms with Crippen molar-refractivity contribution < 1.29 is 92.3 Å². The van der Waals surface area contributed by atoms with Crippen LogP contribution in [-0.2, 0) is 91.2 Å². The van der Waals surface area contributed by atoms with Crippen molar-refractivity contribution in [3.63, 3.8) is 0 Å². The third kappa shape index (κ3) is 32.5. The van der Waals surface area contributed by atoms with Crippen molar-refractivity contribution in [1.29, 1.82) is 0 Å². The first-order chi connectivity index (χ1) is 54.5. The number of nitrogens with zero attached hydrogens (tertiary/aromatic N) is 5. The van der Waals surface area contributed by atoms with Crippen LogP contribution in [0, 0.1) is 17.8 Å². The van der Waals surface area contributed by atoms with E-state index in [2.05, 4.69) is 68.1 Å². The Kier molecular flexibility index (Phi) is 37.5. The molecule has 0 radical (unpaired) electrons. The van der Waals surface area contributed by atoms with Gasteiger partial charge in [0.15, 0.2) is 0 Å². The highest BCUT2D eigenvalue weighted by molar-refractivity contribution is 5.98. The number of likely N-dealkylation sites (tertiary alicyclic amines) is 1. The number of aliphatic hydroxyl groups is 1. The maximum Gasteiger partial charge on any atom is 0.320 e. The number of carbonyl (C=O) groups is 15. The molecule has 10 atom stereocenters. The molecule has 12 amide bonds. The molecule has 2 fully saturated rings. The van der Waals surface area contributed by atoms with Crippen molar-refractivity contribution in [3.05, 3.63) is 90.1 Å². The Morgan fingerprint density at radius 3 is 1.68 bits per heavy atom. The van der Waals surface area contributed by atoms with Crippen molar-refractivity contribution in [2.45, 2.75) is 192 Å². The van der Waals surface area contributed by atoms with Gasteiger partial charge in [0.25, 0.3) is 0 Å². The minimum Gasteiger partial charge on any atom is -0.480 e. The lowest BCUT2D eigenvalue weighted by Gasteiger charge is -2.33. The summed E-state index contributed by atoms with van der Waals surface area (Å²) in [6.07, 6.45) is 2.31. The molecule has 20 N–H and O–H groups in total. The zero-order valence-electron chi connectivity index (χ0n) is 66.3. The number of carboxylic acids is 3. The lowest BCUT2D eigenvalue weighted by atomic mass is 9.96. The number of nitrogens with two attached hydrogens (primary N) is 2. The molecule has 2 aliphatic rings. The number of amides is 12. The minimum atomic E-state index is -1.56. The summed E-state index contributed by atoms with van der Waals surface area (Å²) in [6, 6.07) is 3.84. The number of para-hydroxylation sites is 1. The standard InChI is InChI=1S/C77H115N19O19/c1-44(2)31-55(61(97)36-64(100)86-56(70(79)107)32-45(3)4)90-75(112)59(35-51-38-80-43-83-51)87-65(101)39-82-76(113)69(46(5)6)92-71(108)47(7)84-73(110)58(34-49-37-81-53-16-12-11-15-52(49)53)91-72(109)54(17-19-62(78)98)89-74(111)57(33-48-13-9-8-10-14-48)88-66(102)40-93-23-21-50(22-24-93)85-63(99)20-18-60(77(114)115)96-29-27-94(41-67(103)104)25-26-95(28-30-96)42-68(105)106/h8-16,37-38,43-47,50,54-61,69,81,97H,17-36,39-42H2,1-7H3,(H2,78,98)(H2,79,107)(H,80,83)(H,82,113)(H,84,110)(H,85,99)(H,86,100)(H,87,101)(H,88,102)(H,89,111)(H,90,112)(H,91,109)(H,92,108)(H,103,104)(H,105,106)(H,114,115)/t47-,54-,55-,56-,57+,58-,59-,60?,61-,69-/m0/s1. The fraction of sp³-hybridized carbons (Fsp3) is 0.584. The Balaban J connectivity index is 1.08. The van der Waals surface area contributed by atoms with Crippen molar-refractivity contribution in [2.75, 3.05) is 78.5 Å². The summed E-state index contributed by atoms with van der Waals surface area (Å²) in [7, 11) is 0. The van der Waals surface area contributed by atoms with Gasteiger partial charge in [-0.3, -0.25) is 91.5 Å². The Hall–Kier alpha value is -11.0. The maximum absolute atomic E-state index is 14.8. The first-order valence-electron chi connectivity index (χ1n) is 38.9. The second kappa shape index (κ2) is 46.4. The highest BCUT2D eigenvalue weighted by atomic mass is 16.4. The van der Waals surface area contributed by atoms with Crippen LogP contribution in [0.1, 0.15) is 123 Å². The summed E-state index contributed by atoms with van der Waals surface area (Å²) < 4.78 is 0. The largest absolute Gasteiger partial charge is 0.480 e. The number of nitrogens with one attached hydrogen (secondary N) is 12.